The van der Waals surface area contributed by atoms with Gasteiger partial charge < -0.3 is 15.7 Å². The number of rotatable bonds is 8. The van der Waals surface area contributed by atoms with Crippen molar-refractivity contribution in [3.8, 4) is 0 Å². The summed E-state index contributed by atoms with van der Waals surface area (Å²) in [6.45, 7) is 6.89. The van der Waals surface area contributed by atoms with Crippen molar-refractivity contribution in [1.82, 2.24) is 9.97 Å². The van der Waals surface area contributed by atoms with Crippen molar-refractivity contribution in [2.45, 2.75) is 44.2 Å². The van der Waals surface area contributed by atoms with Crippen LogP contribution in [0, 0.1) is 0 Å². The largest absolute Gasteiger partial charge is 0.388 e. The average Bonchev–Trinajstić information content (AvgIpc) is 2.64. The van der Waals surface area contributed by atoms with Crippen molar-refractivity contribution < 1.29 is 13.5 Å². The second-order valence-corrected chi connectivity index (χ2v) is 11.6. The van der Waals surface area contributed by atoms with Crippen molar-refractivity contribution in [3.63, 3.8) is 0 Å². The minimum absolute atomic E-state index is 0.00661. The first-order valence-corrected chi connectivity index (χ1v) is 12.9. The van der Waals surface area contributed by atoms with E-state index >= 15 is 0 Å². The summed E-state index contributed by atoms with van der Waals surface area (Å²) < 4.78 is 27.9. The van der Waals surface area contributed by atoms with E-state index in [9.17, 15) is 13.5 Å². The molecule has 0 aliphatic heterocycles. The van der Waals surface area contributed by atoms with Crippen LogP contribution in [0.25, 0.3) is 0 Å². The molecule has 0 fully saturated rings. The molecule has 0 amide bonds. The van der Waals surface area contributed by atoms with E-state index in [2.05, 4.69) is 40.3 Å². The predicted octanol–water partition coefficient (Wildman–Crippen LogP) is 3.69. The van der Waals surface area contributed by atoms with Gasteiger partial charge in [0.05, 0.1) is 21.9 Å². The van der Waals surface area contributed by atoms with Gasteiger partial charge in [-0.15, -0.1) is 3.77 Å². The van der Waals surface area contributed by atoms with Crippen LogP contribution in [-0.4, -0.2) is 47.1 Å². The number of anilines is 3. The maximum atomic E-state index is 11.7. The molecule has 1 aromatic carbocycles. The van der Waals surface area contributed by atoms with Crippen LogP contribution >= 0.6 is 15.9 Å². The molecule has 1 unspecified atom stereocenters. The van der Waals surface area contributed by atoms with Gasteiger partial charge >= 0.3 is 0 Å². The fraction of sp³-hybridized carbons (Fsp3) is 0.444. The van der Waals surface area contributed by atoms with Gasteiger partial charge in [0.25, 0.3) is 10.0 Å². The number of sulfonamides is 1. The first-order valence-electron chi connectivity index (χ1n) is 8.91. The van der Waals surface area contributed by atoms with Gasteiger partial charge in [0, 0.05) is 16.8 Å². The monoisotopic (exact) mass is 503 g/mol. The maximum Gasteiger partial charge on any atom is 0.258 e. The lowest BCUT2D eigenvalue weighted by Gasteiger charge is -2.27. The predicted molar refractivity (Wildman–Crippen MR) is 122 cm³/mol. The Hall–Kier alpha value is -1.56. The van der Waals surface area contributed by atoms with Crippen LogP contribution in [0.5, 0.6) is 0 Å². The molecule has 2 atom stereocenters. The van der Waals surface area contributed by atoms with E-state index in [1.807, 2.05) is 31.2 Å². The van der Waals surface area contributed by atoms with E-state index in [-0.39, 0.29) is 11.8 Å². The highest BCUT2D eigenvalue weighted by Crippen LogP contribution is 2.25. The summed E-state index contributed by atoms with van der Waals surface area (Å²) in [6, 6.07) is 7.07. The zero-order valence-electron chi connectivity index (χ0n) is 17.0. The van der Waals surface area contributed by atoms with E-state index in [1.165, 1.54) is 0 Å². The molecule has 0 saturated heterocycles. The standard InChI is InChI=1S/C18H26BrN5O3S2/c1-6-29(26,27)24-28(5)14-9-7-13(8-10-14)22-17-20-11-15(19)16(23-17)21-12(2)18(3,4)25/h7-12,25H,6H2,1-5H3,(H2,20,21,22,23)/t12-,28?/m1/s1. The summed E-state index contributed by atoms with van der Waals surface area (Å²) in [6.07, 6.45) is 3.40. The van der Waals surface area contributed by atoms with E-state index in [4.69, 9.17) is 0 Å². The molecule has 3 N–H and O–H groups in total. The molecule has 160 valence electrons. The zero-order valence-corrected chi connectivity index (χ0v) is 20.2. The molecule has 1 heterocycles. The van der Waals surface area contributed by atoms with Crippen LogP contribution in [0.1, 0.15) is 27.7 Å². The van der Waals surface area contributed by atoms with Gasteiger partial charge in [-0.05, 0) is 74.1 Å². The lowest BCUT2D eigenvalue weighted by molar-refractivity contribution is 0.0647. The van der Waals surface area contributed by atoms with Crippen molar-refractivity contribution in [2.24, 2.45) is 3.77 Å². The Balaban J connectivity index is 2.17. The number of nitrogens with one attached hydrogen (secondary N) is 2. The minimum atomic E-state index is -3.38. The molecule has 0 spiro atoms. The number of hydrogen-bond donors (Lipinski definition) is 3. The lowest BCUT2D eigenvalue weighted by atomic mass is 10.0. The van der Waals surface area contributed by atoms with Crippen LogP contribution in [0.15, 0.2) is 43.6 Å². The van der Waals surface area contributed by atoms with E-state index in [0.717, 1.165) is 10.6 Å². The van der Waals surface area contributed by atoms with Crippen LogP contribution in [0.2, 0.25) is 0 Å². The second kappa shape index (κ2) is 9.50. The average molecular weight is 504 g/mol. The Kier molecular flexibility index (Phi) is 7.77. The van der Waals surface area contributed by atoms with Gasteiger partial charge in [0.15, 0.2) is 0 Å². The molecule has 2 rings (SSSR count). The molecule has 0 radical (unpaired) electrons. The Morgan fingerprint density at radius 1 is 1.31 bits per heavy atom. The van der Waals surface area contributed by atoms with E-state index in [0.29, 0.717) is 16.2 Å². The van der Waals surface area contributed by atoms with Gasteiger partial charge in [-0.3, -0.25) is 0 Å². The molecule has 1 aromatic heterocycles. The third-order valence-corrected chi connectivity index (χ3v) is 8.27. The first kappa shape index (κ1) is 23.7. The number of nitrogens with zero attached hydrogens (tertiary/aromatic N) is 3. The van der Waals surface area contributed by atoms with Crippen molar-refractivity contribution in [2.75, 3.05) is 22.6 Å². The number of aliphatic hydroxyl groups is 1. The number of hydrogen-bond acceptors (Lipinski definition) is 7. The Labute approximate surface area is 182 Å². The molecule has 11 heteroatoms. The molecular weight excluding hydrogens is 478 g/mol. The molecule has 0 bridgehead atoms. The molecule has 8 nitrogen and oxygen atoms in total. The van der Waals surface area contributed by atoms with Gasteiger partial charge in [-0.25, -0.2) is 13.4 Å². The maximum absolute atomic E-state index is 11.7. The highest BCUT2D eigenvalue weighted by Gasteiger charge is 2.23. The topological polar surface area (TPSA) is 117 Å². The normalized spacial score (nSPS) is 14.4. The summed E-state index contributed by atoms with van der Waals surface area (Å²) in [4.78, 5) is 9.53. The first-order chi connectivity index (χ1) is 13.4. The van der Waals surface area contributed by atoms with Crippen LogP contribution in [0.3, 0.4) is 0 Å². The summed E-state index contributed by atoms with van der Waals surface area (Å²) in [5.74, 6) is 0.945. The number of benzene rings is 1. The van der Waals surface area contributed by atoms with Crippen molar-refractivity contribution >= 4 is 54.1 Å². The summed E-state index contributed by atoms with van der Waals surface area (Å²) in [5, 5.41) is 16.4. The summed E-state index contributed by atoms with van der Waals surface area (Å²) >= 11 is 3.41. The smallest absolute Gasteiger partial charge is 0.258 e. The Morgan fingerprint density at radius 3 is 2.48 bits per heavy atom. The fourth-order valence-corrected chi connectivity index (χ4v) is 5.00. The van der Waals surface area contributed by atoms with Crippen LogP contribution < -0.4 is 10.6 Å². The van der Waals surface area contributed by atoms with Crippen LogP contribution in [-0.2, 0) is 20.7 Å². The summed E-state index contributed by atoms with van der Waals surface area (Å²) in [5.41, 5.74) is -0.158. The van der Waals surface area contributed by atoms with Gasteiger partial charge in [0.1, 0.15) is 5.82 Å². The van der Waals surface area contributed by atoms with Crippen molar-refractivity contribution in [1.29, 1.82) is 0 Å². The molecule has 29 heavy (non-hydrogen) atoms. The van der Waals surface area contributed by atoms with E-state index < -0.39 is 26.3 Å². The Bertz CT molecular complexity index is 990. The van der Waals surface area contributed by atoms with Crippen molar-refractivity contribution in [3.05, 3.63) is 34.9 Å². The minimum Gasteiger partial charge on any atom is -0.388 e. The molecule has 0 aliphatic carbocycles. The molecule has 0 saturated carbocycles. The SMILES string of the molecule is CCS(=O)(=O)N=S(C)c1ccc(Nc2ncc(Br)c(N[C@H](C)C(C)(C)O)n2)cc1. The quantitative estimate of drug-likeness (QED) is 0.502. The molecule has 0 aliphatic rings. The third kappa shape index (κ3) is 7.02. The summed E-state index contributed by atoms with van der Waals surface area (Å²) in [7, 11) is -4.12. The van der Waals surface area contributed by atoms with Gasteiger partial charge in [0.2, 0.25) is 5.95 Å². The lowest BCUT2D eigenvalue weighted by Crippen LogP contribution is -2.39. The van der Waals surface area contributed by atoms with Crippen LogP contribution in [0.4, 0.5) is 17.5 Å². The molecule has 2 aromatic rings. The number of halogens is 1. The highest BCUT2D eigenvalue weighted by atomic mass is 79.9. The van der Waals surface area contributed by atoms with Gasteiger partial charge in [-0.1, -0.05) is 10.7 Å². The van der Waals surface area contributed by atoms with Gasteiger partial charge in [-0.2, -0.15) is 4.98 Å². The second-order valence-electron chi connectivity index (χ2n) is 6.98. The van der Waals surface area contributed by atoms with E-state index in [1.54, 1.807) is 33.2 Å². The number of aromatic nitrogens is 2. The Morgan fingerprint density at radius 2 is 1.93 bits per heavy atom. The zero-order chi connectivity index (χ0) is 21.8. The third-order valence-electron chi connectivity index (χ3n) is 4.20. The molecular formula is C18H26BrN5O3S2. The fourth-order valence-electron chi connectivity index (χ4n) is 2.04. The highest BCUT2D eigenvalue weighted by molar-refractivity contribution is 9.10.